The molecule has 2 nitrogen and oxygen atoms in total. The van der Waals surface area contributed by atoms with E-state index in [1.54, 1.807) is 0 Å². The van der Waals surface area contributed by atoms with Gasteiger partial charge in [0.25, 0.3) is 0 Å². The highest BCUT2D eigenvalue weighted by Crippen LogP contribution is 2.39. The lowest BCUT2D eigenvalue weighted by Crippen LogP contribution is -1.94. The van der Waals surface area contributed by atoms with Crippen molar-refractivity contribution in [1.29, 1.82) is 0 Å². The van der Waals surface area contributed by atoms with Crippen LogP contribution in [0.25, 0.3) is 21.9 Å². The maximum atomic E-state index is 6.15. The van der Waals surface area contributed by atoms with E-state index in [1.807, 2.05) is 11.3 Å². The number of thiophene rings is 1. The fraction of sp³-hybridized carbons (Fsp3) is 0.250. The Hall–Kier alpha value is -1.45. The third-order valence-corrected chi connectivity index (χ3v) is 5.14. The maximum Gasteiger partial charge on any atom is 0.223 e. The molecule has 0 saturated heterocycles. The zero-order valence-corrected chi connectivity index (χ0v) is 12.5. The minimum atomic E-state index is 0.340. The van der Waals surface area contributed by atoms with Gasteiger partial charge in [0.2, 0.25) is 5.28 Å². The number of allylic oxidation sites excluding steroid dienone is 5. The van der Waals surface area contributed by atoms with Crippen molar-refractivity contribution in [2.24, 2.45) is 0 Å². The second-order valence-electron chi connectivity index (χ2n) is 5.04. The second kappa shape index (κ2) is 4.83. The van der Waals surface area contributed by atoms with E-state index < -0.39 is 0 Å². The first-order valence-corrected chi connectivity index (χ1v) is 8.05. The molecule has 0 saturated carbocycles. The van der Waals surface area contributed by atoms with Gasteiger partial charge < -0.3 is 0 Å². The SMILES string of the molecule is Clc1nc(C2=CCCC=C2)c2sc3c(c2n1)C=CCC3. The molecule has 0 amide bonds. The van der Waals surface area contributed by atoms with Crippen LogP contribution in [0.5, 0.6) is 0 Å². The molecule has 2 heterocycles. The van der Waals surface area contributed by atoms with Crippen molar-refractivity contribution in [2.75, 3.05) is 0 Å². The summed E-state index contributed by atoms with van der Waals surface area (Å²) >= 11 is 7.97. The number of halogens is 1. The number of aryl methyl sites for hydroxylation is 1. The molecule has 0 bridgehead atoms. The van der Waals surface area contributed by atoms with Crippen molar-refractivity contribution < 1.29 is 0 Å². The molecule has 0 aromatic carbocycles. The van der Waals surface area contributed by atoms with E-state index in [4.69, 9.17) is 11.6 Å². The molecule has 2 aromatic rings. The van der Waals surface area contributed by atoms with Crippen molar-refractivity contribution in [3.05, 3.63) is 45.7 Å². The molecule has 2 aliphatic carbocycles. The smallest absolute Gasteiger partial charge is 0.216 e. The van der Waals surface area contributed by atoms with E-state index in [2.05, 4.69) is 40.3 Å². The van der Waals surface area contributed by atoms with Crippen LogP contribution >= 0.6 is 22.9 Å². The number of fused-ring (bicyclic) bond motifs is 3. The minimum Gasteiger partial charge on any atom is -0.216 e. The molecule has 2 aliphatic rings. The monoisotopic (exact) mass is 300 g/mol. The van der Waals surface area contributed by atoms with E-state index in [0.717, 1.165) is 36.9 Å². The molecule has 0 atom stereocenters. The Labute approximate surface area is 126 Å². The van der Waals surface area contributed by atoms with Crippen molar-refractivity contribution in [3.8, 4) is 0 Å². The van der Waals surface area contributed by atoms with Gasteiger partial charge in [0, 0.05) is 10.4 Å². The third-order valence-electron chi connectivity index (χ3n) is 3.71. The summed E-state index contributed by atoms with van der Waals surface area (Å²) in [5.74, 6) is 0. The van der Waals surface area contributed by atoms with Crippen LogP contribution in [-0.2, 0) is 6.42 Å². The second-order valence-corrected chi connectivity index (χ2v) is 6.48. The summed E-state index contributed by atoms with van der Waals surface area (Å²) in [6, 6.07) is 0. The minimum absolute atomic E-state index is 0.340. The molecular formula is C16H13ClN2S. The molecule has 4 heteroatoms. The highest BCUT2D eigenvalue weighted by Gasteiger charge is 2.19. The summed E-state index contributed by atoms with van der Waals surface area (Å²) in [4.78, 5) is 10.4. The first-order valence-electron chi connectivity index (χ1n) is 6.85. The van der Waals surface area contributed by atoms with Crippen molar-refractivity contribution in [1.82, 2.24) is 9.97 Å². The summed E-state index contributed by atoms with van der Waals surface area (Å²) in [6.07, 6.45) is 15.4. The van der Waals surface area contributed by atoms with Gasteiger partial charge in [0.15, 0.2) is 0 Å². The standard InChI is InChI=1S/C16H13ClN2S/c17-16-18-13(10-6-2-1-3-7-10)15-14(19-16)11-8-4-5-9-12(11)20-15/h2,4,6-8H,1,3,5,9H2. The average molecular weight is 301 g/mol. The zero-order chi connectivity index (χ0) is 13.5. The molecule has 0 spiro atoms. The predicted octanol–water partition coefficient (Wildman–Crippen LogP) is 5.04. The van der Waals surface area contributed by atoms with E-state index in [9.17, 15) is 0 Å². The number of rotatable bonds is 1. The van der Waals surface area contributed by atoms with Gasteiger partial charge >= 0.3 is 0 Å². The highest BCUT2D eigenvalue weighted by molar-refractivity contribution is 7.19. The number of hydrogen-bond donors (Lipinski definition) is 0. The van der Waals surface area contributed by atoms with Gasteiger partial charge in [-0.1, -0.05) is 30.4 Å². The van der Waals surface area contributed by atoms with Crippen LogP contribution in [0.3, 0.4) is 0 Å². The van der Waals surface area contributed by atoms with Gasteiger partial charge in [0.05, 0.1) is 15.9 Å². The van der Waals surface area contributed by atoms with Crippen molar-refractivity contribution in [3.63, 3.8) is 0 Å². The molecule has 20 heavy (non-hydrogen) atoms. The zero-order valence-electron chi connectivity index (χ0n) is 10.9. The first-order chi connectivity index (χ1) is 9.83. The van der Waals surface area contributed by atoms with Gasteiger partial charge in [-0.05, 0) is 42.9 Å². The Kier molecular flexibility index (Phi) is 2.97. The molecule has 0 radical (unpaired) electrons. The van der Waals surface area contributed by atoms with E-state index in [-0.39, 0.29) is 0 Å². The van der Waals surface area contributed by atoms with Crippen LogP contribution in [0.2, 0.25) is 5.28 Å². The topological polar surface area (TPSA) is 25.8 Å². The van der Waals surface area contributed by atoms with Crippen LogP contribution in [-0.4, -0.2) is 9.97 Å². The van der Waals surface area contributed by atoms with Crippen LogP contribution in [0.1, 0.15) is 35.4 Å². The lowest BCUT2D eigenvalue weighted by molar-refractivity contribution is 1.01. The quantitative estimate of drug-likeness (QED) is 0.690. The molecule has 0 unspecified atom stereocenters. The van der Waals surface area contributed by atoms with Crippen LogP contribution in [0.15, 0.2) is 24.3 Å². The van der Waals surface area contributed by atoms with Gasteiger partial charge in [-0.3, -0.25) is 0 Å². The van der Waals surface area contributed by atoms with Gasteiger partial charge in [-0.2, -0.15) is 0 Å². The molecule has 0 aliphatic heterocycles. The Morgan fingerprint density at radius 3 is 2.80 bits per heavy atom. The Bertz CT molecular complexity index is 783. The molecule has 4 rings (SSSR count). The summed E-state index contributed by atoms with van der Waals surface area (Å²) in [7, 11) is 0. The summed E-state index contributed by atoms with van der Waals surface area (Å²) in [5.41, 5.74) is 4.41. The Morgan fingerprint density at radius 2 is 1.95 bits per heavy atom. The number of aromatic nitrogens is 2. The number of hydrogen-bond acceptors (Lipinski definition) is 3. The largest absolute Gasteiger partial charge is 0.223 e. The first kappa shape index (κ1) is 12.3. The van der Waals surface area contributed by atoms with E-state index in [0.29, 0.717) is 5.28 Å². The number of nitrogens with zero attached hydrogens (tertiary/aromatic N) is 2. The fourth-order valence-electron chi connectivity index (χ4n) is 2.77. The van der Waals surface area contributed by atoms with Gasteiger partial charge in [0.1, 0.15) is 0 Å². The van der Waals surface area contributed by atoms with E-state index in [1.165, 1.54) is 20.7 Å². The Morgan fingerprint density at radius 1 is 1.05 bits per heavy atom. The summed E-state index contributed by atoms with van der Waals surface area (Å²) in [5, 5.41) is 0.340. The third kappa shape index (κ3) is 1.93. The van der Waals surface area contributed by atoms with Crippen molar-refractivity contribution in [2.45, 2.75) is 25.7 Å². The summed E-state index contributed by atoms with van der Waals surface area (Å²) < 4.78 is 1.17. The highest BCUT2D eigenvalue weighted by atomic mass is 35.5. The molecule has 2 aromatic heterocycles. The molecule has 0 N–H and O–H groups in total. The van der Waals surface area contributed by atoms with Crippen LogP contribution in [0.4, 0.5) is 0 Å². The van der Waals surface area contributed by atoms with Gasteiger partial charge in [-0.25, -0.2) is 9.97 Å². The van der Waals surface area contributed by atoms with Crippen LogP contribution in [0, 0.1) is 0 Å². The fourth-order valence-corrected chi connectivity index (χ4v) is 4.19. The summed E-state index contributed by atoms with van der Waals surface area (Å²) in [6.45, 7) is 0. The maximum absolute atomic E-state index is 6.15. The van der Waals surface area contributed by atoms with Crippen molar-refractivity contribution >= 4 is 44.8 Å². The van der Waals surface area contributed by atoms with Crippen LogP contribution < -0.4 is 0 Å². The van der Waals surface area contributed by atoms with E-state index >= 15 is 0 Å². The molecule has 0 fully saturated rings. The normalized spacial score (nSPS) is 17.4. The Balaban J connectivity index is 2.01. The average Bonchev–Trinajstić information content (AvgIpc) is 2.86. The lowest BCUT2D eigenvalue weighted by atomic mass is 10.0. The lowest BCUT2D eigenvalue weighted by Gasteiger charge is -2.07. The predicted molar refractivity (Wildman–Crippen MR) is 86.1 cm³/mol. The van der Waals surface area contributed by atoms with Gasteiger partial charge in [-0.15, -0.1) is 11.3 Å². The molecule has 100 valence electrons. The molecular weight excluding hydrogens is 288 g/mol.